The topological polar surface area (TPSA) is 19.9 Å². The van der Waals surface area contributed by atoms with Crippen molar-refractivity contribution in [1.29, 1.82) is 0 Å². The molecule has 53 valence electrons. The fourth-order valence-electron chi connectivity index (χ4n) is 0.734. The van der Waals surface area contributed by atoms with Crippen LogP contribution in [-0.4, -0.2) is 0 Å². The summed E-state index contributed by atoms with van der Waals surface area (Å²) < 4.78 is 1.01. The van der Waals surface area contributed by atoms with E-state index in [2.05, 4.69) is 15.9 Å². The lowest BCUT2D eigenvalue weighted by Gasteiger charge is -2.00. The predicted octanol–water partition coefficient (Wildman–Crippen LogP) is 2.94. The molecular weight excluding hydrogens is 192 g/mol. The first kappa shape index (κ1) is 7.76. The van der Waals surface area contributed by atoms with Crippen molar-refractivity contribution in [2.45, 2.75) is 13.0 Å². The van der Waals surface area contributed by atoms with Crippen LogP contribution in [0.1, 0.15) is 18.6 Å². The van der Waals surface area contributed by atoms with Gasteiger partial charge in [-0.05, 0) is 24.6 Å². The lowest BCUT2D eigenvalue weighted by Crippen LogP contribution is -1.86. The molecule has 0 aliphatic rings. The molecule has 0 amide bonds. The van der Waals surface area contributed by atoms with E-state index in [4.69, 9.17) is 0 Å². The zero-order chi connectivity index (χ0) is 7.56. The Morgan fingerprint density at radius 2 is 1.80 bits per heavy atom. The quantitative estimate of drug-likeness (QED) is 0.664. The first-order chi connectivity index (χ1) is 4.70. The normalized spacial score (nSPS) is 13.1. The molecule has 1 nitrogen and oxygen atoms in total. The van der Waals surface area contributed by atoms with Gasteiger partial charge in [0.1, 0.15) is 6.10 Å². The van der Waals surface area contributed by atoms with Gasteiger partial charge in [-0.15, -0.1) is 0 Å². The summed E-state index contributed by atoms with van der Waals surface area (Å²) in [4.78, 5) is 0. The van der Waals surface area contributed by atoms with Gasteiger partial charge in [0.25, 0.3) is 0 Å². The molecule has 0 aliphatic carbocycles. The number of benzene rings is 1. The van der Waals surface area contributed by atoms with Gasteiger partial charge in [0, 0.05) is 4.47 Å². The van der Waals surface area contributed by atoms with E-state index >= 15 is 0 Å². The Morgan fingerprint density at radius 3 is 2.20 bits per heavy atom. The molecule has 0 saturated carbocycles. The van der Waals surface area contributed by atoms with Crippen LogP contribution in [0.2, 0.25) is 0 Å². The molecule has 10 heavy (non-hydrogen) atoms. The van der Waals surface area contributed by atoms with E-state index in [-0.39, 0.29) is 0 Å². The lowest BCUT2D eigenvalue weighted by molar-refractivity contribution is 0.106. The molecule has 0 N–H and O–H groups in total. The molecular formula is C8H8BrO. The van der Waals surface area contributed by atoms with Gasteiger partial charge in [-0.3, -0.25) is 0 Å². The fraction of sp³-hybridized carbons (Fsp3) is 0.250. The average Bonchev–Trinajstić information content (AvgIpc) is 1.88. The first-order valence-corrected chi connectivity index (χ1v) is 3.91. The molecule has 0 aromatic heterocycles. The van der Waals surface area contributed by atoms with Crippen LogP contribution in [0.15, 0.2) is 28.7 Å². The summed E-state index contributed by atoms with van der Waals surface area (Å²) in [5.41, 5.74) is 0.836. The Labute approximate surface area is 68.8 Å². The van der Waals surface area contributed by atoms with Gasteiger partial charge in [-0.2, -0.15) is 0 Å². The minimum Gasteiger partial charge on any atom is -0.228 e. The molecule has 1 aromatic rings. The summed E-state index contributed by atoms with van der Waals surface area (Å²) in [6, 6.07) is 7.43. The van der Waals surface area contributed by atoms with Gasteiger partial charge >= 0.3 is 0 Å². The molecule has 0 fully saturated rings. The molecule has 2 heteroatoms. The second-order valence-corrected chi connectivity index (χ2v) is 3.11. The maximum Gasteiger partial charge on any atom is 0.115 e. The molecule has 0 saturated heterocycles. The third kappa shape index (κ3) is 1.82. The van der Waals surface area contributed by atoms with Crippen molar-refractivity contribution in [3.63, 3.8) is 0 Å². The van der Waals surface area contributed by atoms with E-state index in [0.29, 0.717) is 0 Å². The van der Waals surface area contributed by atoms with Crippen molar-refractivity contribution in [2.75, 3.05) is 0 Å². The SMILES string of the molecule is CC([O])c1ccc(Br)cc1. The van der Waals surface area contributed by atoms with E-state index in [1.807, 2.05) is 24.3 Å². The minimum absolute atomic E-state index is 0.618. The highest BCUT2D eigenvalue weighted by Crippen LogP contribution is 2.15. The monoisotopic (exact) mass is 199 g/mol. The van der Waals surface area contributed by atoms with Crippen LogP contribution in [-0.2, 0) is 5.11 Å². The molecule has 1 radical (unpaired) electrons. The Hall–Kier alpha value is -0.340. The number of rotatable bonds is 1. The summed E-state index contributed by atoms with van der Waals surface area (Å²) >= 11 is 3.29. The number of hydrogen-bond acceptors (Lipinski definition) is 0. The van der Waals surface area contributed by atoms with Crippen molar-refractivity contribution in [3.05, 3.63) is 34.3 Å². The summed E-state index contributed by atoms with van der Waals surface area (Å²) in [7, 11) is 0. The van der Waals surface area contributed by atoms with Crippen molar-refractivity contribution in [1.82, 2.24) is 0 Å². The Kier molecular flexibility index (Phi) is 2.46. The van der Waals surface area contributed by atoms with Crippen LogP contribution >= 0.6 is 15.9 Å². The van der Waals surface area contributed by atoms with Crippen LogP contribution in [0.3, 0.4) is 0 Å². The molecule has 0 bridgehead atoms. The predicted molar refractivity (Wildman–Crippen MR) is 43.2 cm³/mol. The van der Waals surface area contributed by atoms with Crippen molar-refractivity contribution < 1.29 is 5.11 Å². The lowest BCUT2D eigenvalue weighted by atomic mass is 10.1. The second kappa shape index (κ2) is 3.17. The van der Waals surface area contributed by atoms with Crippen molar-refractivity contribution in [2.24, 2.45) is 0 Å². The summed E-state index contributed by atoms with van der Waals surface area (Å²) in [6.07, 6.45) is -0.618. The standard InChI is InChI=1S/C8H8BrO/c1-6(10)7-2-4-8(9)5-3-7/h2-6H,1H3. The van der Waals surface area contributed by atoms with E-state index in [1.54, 1.807) is 6.92 Å². The summed E-state index contributed by atoms with van der Waals surface area (Å²) in [5, 5.41) is 10.8. The van der Waals surface area contributed by atoms with Crippen LogP contribution in [0.25, 0.3) is 0 Å². The van der Waals surface area contributed by atoms with Gasteiger partial charge in [-0.25, -0.2) is 5.11 Å². The minimum atomic E-state index is -0.618. The highest BCUT2D eigenvalue weighted by Gasteiger charge is 1.99. The van der Waals surface area contributed by atoms with Gasteiger partial charge in [0.05, 0.1) is 0 Å². The molecule has 1 aromatic carbocycles. The first-order valence-electron chi connectivity index (χ1n) is 3.11. The largest absolute Gasteiger partial charge is 0.228 e. The zero-order valence-corrected chi connectivity index (χ0v) is 7.26. The molecule has 0 heterocycles. The van der Waals surface area contributed by atoms with E-state index < -0.39 is 6.10 Å². The molecule has 1 rings (SSSR count). The van der Waals surface area contributed by atoms with E-state index in [1.165, 1.54) is 0 Å². The smallest absolute Gasteiger partial charge is 0.115 e. The third-order valence-electron chi connectivity index (χ3n) is 1.34. The van der Waals surface area contributed by atoms with Gasteiger partial charge < -0.3 is 0 Å². The number of hydrogen-bond donors (Lipinski definition) is 0. The molecule has 1 atom stereocenters. The molecule has 1 unspecified atom stereocenters. The summed E-state index contributed by atoms with van der Waals surface area (Å²) in [6.45, 7) is 1.64. The average molecular weight is 200 g/mol. The van der Waals surface area contributed by atoms with Gasteiger partial charge in [0.2, 0.25) is 0 Å². The Morgan fingerprint density at radius 1 is 1.30 bits per heavy atom. The van der Waals surface area contributed by atoms with Crippen LogP contribution in [0.5, 0.6) is 0 Å². The second-order valence-electron chi connectivity index (χ2n) is 2.19. The van der Waals surface area contributed by atoms with Crippen LogP contribution in [0, 0.1) is 0 Å². The van der Waals surface area contributed by atoms with Gasteiger partial charge in [-0.1, -0.05) is 28.1 Å². The maximum atomic E-state index is 10.8. The zero-order valence-electron chi connectivity index (χ0n) is 5.67. The Balaban J connectivity index is 2.89. The Bertz CT molecular complexity index is 203. The molecule has 0 spiro atoms. The van der Waals surface area contributed by atoms with Crippen molar-refractivity contribution >= 4 is 15.9 Å². The maximum absolute atomic E-state index is 10.8. The molecule has 0 aliphatic heterocycles. The van der Waals surface area contributed by atoms with Gasteiger partial charge in [0.15, 0.2) is 0 Å². The number of halogens is 1. The van der Waals surface area contributed by atoms with E-state index in [0.717, 1.165) is 10.0 Å². The van der Waals surface area contributed by atoms with E-state index in [9.17, 15) is 5.11 Å². The van der Waals surface area contributed by atoms with Crippen LogP contribution in [0.4, 0.5) is 0 Å². The highest BCUT2D eigenvalue weighted by molar-refractivity contribution is 9.10. The fourth-order valence-corrected chi connectivity index (χ4v) is 0.998. The van der Waals surface area contributed by atoms with Crippen LogP contribution < -0.4 is 0 Å². The summed E-state index contributed by atoms with van der Waals surface area (Å²) in [5.74, 6) is 0. The highest BCUT2D eigenvalue weighted by atomic mass is 79.9. The third-order valence-corrected chi connectivity index (χ3v) is 1.87. The van der Waals surface area contributed by atoms with Crippen molar-refractivity contribution in [3.8, 4) is 0 Å².